The Bertz CT molecular complexity index is 850. The summed E-state index contributed by atoms with van der Waals surface area (Å²) in [6.45, 7) is 6.84. The van der Waals surface area contributed by atoms with E-state index in [4.69, 9.17) is 9.47 Å². The van der Waals surface area contributed by atoms with Gasteiger partial charge in [0.15, 0.2) is 11.5 Å². The fraction of sp³-hybridized carbons (Fsp3) is 0.333. The van der Waals surface area contributed by atoms with Crippen molar-refractivity contribution in [3.8, 4) is 11.5 Å². The van der Waals surface area contributed by atoms with E-state index in [2.05, 4.69) is 10.6 Å². The number of carbonyl (C=O) groups is 2. The number of amides is 2. The van der Waals surface area contributed by atoms with Crippen molar-refractivity contribution in [2.45, 2.75) is 39.7 Å². The topological polar surface area (TPSA) is 76.7 Å². The average molecular weight is 411 g/mol. The molecule has 1 unspecified atom stereocenters. The molecule has 6 nitrogen and oxygen atoms in total. The fourth-order valence-corrected chi connectivity index (χ4v) is 2.56. The quantitative estimate of drug-likeness (QED) is 0.538. The normalized spacial score (nSPS) is 11.7. The minimum Gasteiger partial charge on any atom is -0.490 e. The highest BCUT2D eigenvalue weighted by molar-refractivity contribution is 5.99. The highest BCUT2D eigenvalue weighted by Crippen LogP contribution is 2.31. The molecular weight excluding hydrogens is 380 g/mol. The molecule has 0 saturated carbocycles. The third-order valence-corrected chi connectivity index (χ3v) is 4.11. The van der Waals surface area contributed by atoms with Crippen LogP contribution in [0, 0.1) is 0 Å². The summed E-state index contributed by atoms with van der Waals surface area (Å²) in [7, 11) is 0. The van der Waals surface area contributed by atoms with E-state index >= 15 is 0 Å². The van der Waals surface area contributed by atoms with E-state index in [1.807, 2.05) is 44.2 Å². The molecule has 2 rings (SSSR count). The molecule has 1 atom stereocenters. The van der Waals surface area contributed by atoms with Gasteiger partial charge in [-0.3, -0.25) is 9.59 Å². The minimum absolute atomic E-state index is 0.319. The Morgan fingerprint density at radius 2 is 1.63 bits per heavy atom. The second-order valence-electron chi connectivity index (χ2n) is 6.82. The summed E-state index contributed by atoms with van der Waals surface area (Å²) in [4.78, 5) is 24.6. The lowest BCUT2D eigenvalue weighted by Crippen LogP contribution is -2.40. The number of hydrogen-bond donors (Lipinski definition) is 2. The predicted molar refractivity (Wildman–Crippen MR) is 120 cm³/mol. The van der Waals surface area contributed by atoms with E-state index < -0.39 is 6.04 Å². The molecule has 0 aromatic heterocycles. The van der Waals surface area contributed by atoms with Crippen LogP contribution in [0.3, 0.4) is 0 Å². The Kier molecular flexibility index (Phi) is 9.45. The van der Waals surface area contributed by atoms with E-state index in [9.17, 15) is 9.59 Å². The van der Waals surface area contributed by atoms with Crippen LogP contribution in [0.2, 0.25) is 0 Å². The first-order valence-corrected chi connectivity index (χ1v) is 10.3. The molecule has 0 spiro atoms. The molecular formula is C24H30N2O4. The van der Waals surface area contributed by atoms with E-state index in [0.717, 1.165) is 18.4 Å². The molecule has 0 bridgehead atoms. The van der Waals surface area contributed by atoms with E-state index in [-0.39, 0.29) is 11.8 Å². The molecule has 0 aliphatic carbocycles. The van der Waals surface area contributed by atoms with Crippen molar-refractivity contribution in [1.29, 1.82) is 0 Å². The summed E-state index contributed by atoms with van der Waals surface area (Å²) in [5.74, 6) is 0.582. The van der Waals surface area contributed by atoms with E-state index in [0.29, 0.717) is 30.4 Å². The number of benzene rings is 2. The Labute approximate surface area is 178 Å². The van der Waals surface area contributed by atoms with Gasteiger partial charge < -0.3 is 20.1 Å². The zero-order valence-electron chi connectivity index (χ0n) is 17.8. The van der Waals surface area contributed by atoms with Crippen molar-refractivity contribution in [2.24, 2.45) is 0 Å². The maximum absolute atomic E-state index is 12.5. The van der Waals surface area contributed by atoms with Crippen molar-refractivity contribution in [3.05, 3.63) is 60.2 Å². The Balaban J connectivity index is 1.96. The van der Waals surface area contributed by atoms with Crippen LogP contribution in [0.4, 0.5) is 5.69 Å². The third-order valence-electron chi connectivity index (χ3n) is 4.11. The lowest BCUT2D eigenvalue weighted by atomic mass is 10.2. The standard InChI is InChI=1S/C24H30N2O4/c1-4-15-29-21-13-12-20(17-22(21)30-16-5-2)26-24(28)18(3)25-23(27)14-11-19-9-7-6-8-10-19/h6-14,17-18H,4-5,15-16H2,1-3H3,(H,25,27)(H,26,28)/b14-11+. The monoisotopic (exact) mass is 410 g/mol. The van der Waals surface area contributed by atoms with Crippen molar-refractivity contribution >= 4 is 23.6 Å². The molecule has 0 aliphatic heterocycles. The van der Waals surface area contributed by atoms with Crippen LogP contribution in [0.15, 0.2) is 54.6 Å². The summed E-state index contributed by atoms with van der Waals surface area (Å²) < 4.78 is 11.5. The van der Waals surface area contributed by atoms with Crippen molar-refractivity contribution < 1.29 is 19.1 Å². The van der Waals surface area contributed by atoms with Gasteiger partial charge in [-0.2, -0.15) is 0 Å². The first-order valence-electron chi connectivity index (χ1n) is 10.3. The average Bonchev–Trinajstić information content (AvgIpc) is 2.76. The lowest BCUT2D eigenvalue weighted by molar-refractivity contribution is -0.123. The third kappa shape index (κ3) is 7.62. The molecule has 0 fully saturated rings. The number of hydrogen-bond acceptors (Lipinski definition) is 4. The second-order valence-corrected chi connectivity index (χ2v) is 6.82. The van der Waals surface area contributed by atoms with Crippen LogP contribution in [-0.4, -0.2) is 31.1 Å². The number of nitrogens with one attached hydrogen (secondary N) is 2. The summed E-state index contributed by atoms with van der Waals surface area (Å²) in [5, 5.41) is 5.47. The van der Waals surface area contributed by atoms with E-state index in [1.165, 1.54) is 6.08 Å². The van der Waals surface area contributed by atoms with Gasteiger partial charge >= 0.3 is 0 Å². The summed E-state index contributed by atoms with van der Waals surface area (Å²) >= 11 is 0. The number of anilines is 1. The highest BCUT2D eigenvalue weighted by Gasteiger charge is 2.16. The van der Waals surface area contributed by atoms with Gasteiger partial charge in [-0.1, -0.05) is 44.2 Å². The molecule has 0 saturated heterocycles. The zero-order chi connectivity index (χ0) is 21.8. The van der Waals surface area contributed by atoms with Crippen LogP contribution in [0.25, 0.3) is 6.08 Å². The largest absolute Gasteiger partial charge is 0.490 e. The van der Waals surface area contributed by atoms with Gasteiger partial charge in [0.25, 0.3) is 0 Å². The second kappa shape index (κ2) is 12.3. The SMILES string of the molecule is CCCOc1ccc(NC(=O)C(C)NC(=O)/C=C/c2ccccc2)cc1OCCC. The van der Waals surface area contributed by atoms with Gasteiger partial charge in [0, 0.05) is 17.8 Å². The van der Waals surface area contributed by atoms with E-state index in [1.54, 1.807) is 31.2 Å². The van der Waals surface area contributed by atoms with Crippen LogP contribution in [0.1, 0.15) is 39.2 Å². The van der Waals surface area contributed by atoms with Crippen molar-refractivity contribution in [3.63, 3.8) is 0 Å². The number of ether oxygens (including phenoxy) is 2. The Hall–Kier alpha value is -3.28. The minimum atomic E-state index is -0.700. The summed E-state index contributed by atoms with van der Waals surface area (Å²) in [6.07, 6.45) is 4.87. The molecule has 0 radical (unpaired) electrons. The van der Waals surface area contributed by atoms with Gasteiger partial charge in [-0.15, -0.1) is 0 Å². The van der Waals surface area contributed by atoms with Gasteiger partial charge in [0.2, 0.25) is 11.8 Å². The van der Waals surface area contributed by atoms with Crippen LogP contribution >= 0.6 is 0 Å². The van der Waals surface area contributed by atoms with Gasteiger partial charge in [-0.25, -0.2) is 0 Å². The van der Waals surface area contributed by atoms with Gasteiger partial charge in [-0.05, 0) is 43.5 Å². The van der Waals surface area contributed by atoms with Gasteiger partial charge in [0.05, 0.1) is 13.2 Å². The first kappa shape index (κ1) is 23.0. The molecule has 2 aromatic rings. The highest BCUT2D eigenvalue weighted by atomic mass is 16.5. The van der Waals surface area contributed by atoms with Gasteiger partial charge in [0.1, 0.15) is 6.04 Å². The number of carbonyl (C=O) groups excluding carboxylic acids is 2. The molecule has 160 valence electrons. The van der Waals surface area contributed by atoms with Crippen LogP contribution < -0.4 is 20.1 Å². The molecule has 6 heteroatoms. The smallest absolute Gasteiger partial charge is 0.246 e. The van der Waals surface area contributed by atoms with Crippen molar-refractivity contribution in [2.75, 3.05) is 18.5 Å². The predicted octanol–water partition coefficient (Wildman–Crippen LogP) is 4.42. The molecule has 30 heavy (non-hydrogen) atoms. The van der Waals surface area contributed by atoms with Crippen LogP contribution in [-0.2, 0) is 9.59 Å². The maximum atomic E-state index is 12.5. The zero-order valence-corrected chi connectivity index (χ0v) is 17.8. The number of rotatable bonds is 11. The van der Waals surface area contributed by atoms with Crippen LogP contribution in [0.5, 0.6) is 11.5 Å². The molecule has 2 aromatic carbocycles. The molecule has 0 heterocycles. The molecule has 2 amide bonds. The molecule has 2 N–H and O–H groups in total. The Morgan fingerprint density at radius 3 is 2.30 bits per heavy atom. The fourth-order valence-electron chi connectivity index (χ4n) is 2.56. The summed E-state index contributed by atoms with van der Waals surface area (Å²) in [5.41, 5.74) is 1.49. The van der Waals surface area contributed by atoms with Crippen molar-refractivity contribution in [1.82, 2.24) is 5.32 Å². The lowest BCUT2D eigenvalue weighted by Gasteiger charge is -2.16. The maximum Gasteiger partial charge on any atom is 0.246 e. The summed E-state index contributed by atoms with van der Waals surface area (Å²) in [6, 6.07) is 14.1. The molecule has 0 aliphatic rings. The first-order chi connectivity index (χ1) is 14.5. The Morgan fingerprint density at radius 1 is 0.967 bits per heavy atom.